The number of carbonyl (C=O) groups is 1. The Bertz CT molecular complexity index is 1230. The van der Waals surface area contributed by atoms with Crippen LogP contribution in [0.15, 0.2) is 59.8 Å². The van der Waals surface area contributed by atoms with Gasteiger partial charge >= 0.3 is 0 Å². The van der Waals surface area contributed by atoms with Crippen molar-refractivity contribution in [3.8, 4) is 5.69 Å². The first kappa shape index (κ1) is 19.7. The molecule has 1 fully saturated rings. The van der Waals surface area contributed by atoms with Gasteiger partial charge in [-0.05, 0) is 36.6 Å². The zero-order valence-corrected chi connectivity index (χ0v) is 17.5. The minimum absolute atomic E-state index is 0.00485. The standard InChI is InChI=1S/C21H21N5O4S/c27-20(25-10-11-30-17(13-25)8-6-15-4-2-1-3-5-15)16-7-9-18-19(12-16)31(28,29)24-21-22-14-23-26(18)21/h1-5,7,9,12,14,17H,6,8,10-11,13H2,(H,22,23,24). The Hall–Kier alpha value is -3.24. The highest BCUT2D eigenvalue weighted by Crippen LogP contribution is 2.30. The van der Waals surface area contributed by atoms with E-state index < -0.39 is 10.0 Å². The molecule has 0 aliphatic carbocycles. The van der Waals surface area contributed by atoms with Crippen LogP contribution in [0.2, 0.25) is 0 Å². The fourth-order valence-electron chi connectivity index (χ4n) is 3.93. The number of nitrogens with one attached hydrogen (secondary N) is 1. The molecule has 2 aromatic carbocycles. The summed E-state index contributed by atoms with van der Waals surface area (Å²) in [5.74, 6) is -0.0867. The zero-order valence-electron chi connectivity index (χ0n) is 16.6. The number of benzene rings is 2. The number of aryl methyl sites for hydroxylation is 1. The second-order valence-electron chi connectivity index (χ2n) is 7.55. The fraction of sp³-hybridized carbons (Fsp3) is 0.286. The SMILES string of the molecule is O=C(c1ccc2c(c1)S(=O)(=O)Nc1ncnn1-2)N1CCOC(CCc2ccccc2)C1. The van der Waals surface area contributed by atoms with Gasteiger partial charge in [-0.25, -0.2) is 13.1 Å². The Morgan fingerprint density at radius 2 is 2.03 bits per heavy atom. The third kappa shape index (κ3) is 3.79. The van der Waals surface area contributed by atoms with E-state index in [1.54, 1.807) is 17.0 Å². The van der Waals surface area contributed by atoms with Crippen LogP contribution in [-0.4, -0.2) is 59.8 Å². The van der Waals surface area contributed by atoms with Crippen molar-refractivity contribution in [1.29, 1.82) is 0 Å². The maximum absolute atomic E-state index is 13.1. The first-order chi connectivity index (χ1) is 15.0. The molecule has 5 rings (SSSR count). The summed E-state index contributed by atoms with van der Waals surface area (Å²) < 4.78 is 34.9. The molecular formula is C21H21N5O4S. The first-order valence-electron chi connectivity index (χ1n) is 10.0. The molecule has 0 saturated carbocycles. The van der Waals surface area contributed by atoms with E-state index in [0.717, 1.165) is 12.8 Å². The molecule has 31 heavy (non-hydrogen) atoms. The number of rotatable bonds is 4. The molecule has 0 radical (unpaired) electrons. The van der Waals surface area contributed by atoms with Crippen molar-refractivity contribution in [2.24, 2.45) is 0 Å². The summed E-state index contributed by atoms with van der Waals surface area (Å²) in [5, 5.41) is 4.05. The Morgan fingerprint density at radius 1 is 1.19 bits per heavy atom. The van der Waals surface area contributed by atoms with Gasteiger partial charge in [-0.2, -0.15) is 14.8 Å². The molecule has 10 heteroatoms. The Kier molecular flexibility index (Phi) is 4.95. The largest absolute Gasteiger partial charge is 0.375 e. The number of morpholine rings is 1. The molecular weight excluding hydrogens is 418 g/mol. The van der Waals surface area contributed by atoms with E-state index in [1.165, 1.54) is 22.6 Å². The van der Waals surface area contributed by atoms with E-state index in [-0.39, 0.29) is 22.9 Å². The van der Waals surface area contributed by atoms with Crippen LogP contribution >= 0.6 is 0 Å². The number of fused-ring (bicyclic) bond motifs is 3. The number of hydrogen-bond donors (Lipinski definition) is 1. The summed E-state index contributed by atoms with van der Waals surface area (Å²) in [6, 6.07) is 14.8. The zero-order chi connectivity index (χ0) is 21.4. The van der Waals surface area contributed by atoms with E-state index in [9.17, 15) is 13.2 Å². The molecule has 2 aliphatic heterocycles. The average molecular weight is 439 g/mol. The second-order valence-corrected chi connectivity index (χ2v) is 9.20. The number of amides is 1. The van der Waals surface area contributed by atoms with Crippen LogP contribution < -0.4 is 4.72 Å². The molecule has 3 aromatic rings. The van der Waals surface area contributed by atoms with E-state index >= 15 is 0 Å². The van der Waals surface area contributed by atoms with E-state index in [4.69, 9.17) is 4.74 Å². The van der Waals surface area contributed by atoms with Crippen LogP contribution in [-0.2, 0) is 21.2 Å². The van der Waals surface area contributed by atoms with Gasteiger partial charge in [0.2, 0.25) is 5.95 Å². The number of hydrogen-bond acceptors (Lipinski definition) is 6. The third-order valence-electron chi connectivity index (χ3n) is 5.52. The van der Waals surface area contributed by atoms with Crippen LogP contribution in [0.1, 0.15) is 22.3 Å². The highest BCUT2D eigenvalue weighted by molar-refractivity contribution is 7.93. The van der Waals surface area contributed by atoms with Gasteiger partial charge < -0.3 is 9.64 Å². The molecule has 9 nitrogen and oxygen atoms in total. The average Bonchev–Trinajstić information content (AvgIpc) is 3.25. The minimum atomic E-state index is -3.83. The maximum Gasteiger partial charge on any atom is 0.266 e. The molecule has 160 valence electrons. The number of ether oxygens (including phenoxy) is 1. The fourth-order valence-corrected chi connectivity index (χ4v) is 5.13. The third-order valence-corrected chi connectivity index (χ3v) is 6.88. The Morgan fingerprint density at radius 3 is 2.87 bits per heavy atom. The van der Waals surface area contributed by atoms with Gasteiger partial charge in [-0.3, -0.25) is 4.79 Å². The molecule has 2 aliphatic rings. The number of sulfonamides is 1. The number of aromatic nitrogens is 3. The minimum Gasteiger partial charge on any atom is -0.375 e. The van der Waals surface area contributed by atoms with Gasteiger partial charge in [0.25, 0.3) is 15.9 Å². The summed E-state index contributed by atoms with van der Waals surface area (Å²) in [6.07, 6.45) is 2.90. The number of anilines is 1. The predicted octanol–water partition coefficient (Wildman–Crippen LogP) is 1.86. The predicted molar refractivity (Wildman–Crippen MR) is 113 cm³/mol. The lowest BCUT2D eigenvalue weighted by atomic mass is 10.1. The van der Waals surface area contributed by atoms with Crippen molar-refractivity contribution in [3.63, 3.8) is 0 Å². The van der Waals surface area contributed by atoms with Gasteiger partial charge in [0.1, 0.15) is 11.2 Å². The van der Waals surface area contributed by atoms with Crippen LogP contribution in [0.5, 0.6) is 0 Å². The normalized spacial score (nSPS) is 19.2. The van der Waals surface area contributed by atoms with Crippen LogP contribution in [0, 0.1) is 0 Å². The van der Waals surface area contributed by atoms with Crippen LogP contribution in [0.3, 0.4) is 0 Å². The number of carbonyl (C=O) groups excluding carboxylic acids is 1. The van der Waals surface area contributed by atoms with Gasteiger partial charge in [0.15, 0.2) is 0 Å². The number of nitrogens with zero attached hydrogens (tertiary/aromatic N) is 4. The second kappa shape index (κ2) is 7.78. The summed E-state index contributed by atoms with van der Waals surface area (Å²) in [7, 11) is -3.83. The Balaban J connectivity index is 1.33. The molecule has 1 atom stereocenters. The monoisotopic (exact) mass is 439 g/mol. The summed E-state index contributed by atoms with van der Waals surface area (Å²) >= 11 is 0. The quantitative estimate of drug-likeness (QED) is 0.665. The van der Waals surface area contributed by atoms with Crippen molar-refractivity contribution >= 4 is 21.9 Å². The molecule has 1 N–H and O–H groups in total. The van der Waals surface area contributed by atoms with Gasteiger partial charge in [0, 0.05) is 18.7 Å². The summed E-state index contributed by atoms with van der Waals surface area (Å²) in [6.45, 7) is 1.40. The van der Waals surface area contributed by atoms with Crippen molar-refractivity contribution in [2.75, 3.05) is 24.4 Å². The molecule has 1 amide bonds. The van der Waals surface area contributed by atoms with Gasteiger partial charge in [-0.1, -0.05) is 30.3 Å². The van der Waals surface area contributed by atoms with Crippen molar-refractivity contribution < 1.29 is 17.9 Å². The molecule has 3 heterocycles. The van der Waals surface area contributed by atoms with Gasteiger partial charge in [-0.15, -0.1) is 0 Å². The first-order valence-corrected chi connectivity index (χ1v) is 11.5. The molecule has 1 aromatic heterocycles. The highest BCUT2D eigenvalue weighted by atomic mass is 32.2. The Labute approximate surface area is 179 Å². The lowest BCUT2D eigenvalue weighted by Gasteiger charge is -2.33. The van der Waals surface area contributed by atoms with E-state index in [2.05, 4.69) is 26.9 Å². The lowest BCUT2D eigenvalue weighted by Crippen LogP contribution is -2.45. The maximum atomic E-state index is 13.1. The van der Waals surface area contributed by atoms with Crippen LogP contribution in [0.4, 0.5) is 5.95 Å². The highest BCUT2D eigenvalue weighted by Gasteiger charge is 2.31. The molecule has 0 spiro atoms. The molecule has 1 unspecified atom stereocenters. The van der Waals surface area contributed by atoms with E-state index in [0.29, 0.717) is 30.9 Å². The topological polar surface area (TPSA) is 106 Å². The molecule has 1 saturated heterocycles. The van der Waals surface area contributed by atoms with Crippen LogP contribution in [0.25, 0.3) is 5.69 Å². The van der Waals surface area contributed by atoms with Crippen molar-refractivity contribution in [2.45, 2.75) is 23.8 Å². The smallest absolute Gasteiger partial charge is 0.266 e. The van der Waals surface area contributed by atoms with Crippen molar-refractivity contribution in [3.05, 3.63) is 66.0 Å². The summed E-state index contributed by atoms with van der Waals surface area (Å²) in [4.78, 5) is 18.8. The molecule has 0 bridgehead atoms. The lowest BCUT2D eigenvalue weighted by molar-refractivity contribution is -0.0246. The van der Waals surface area contributed by atoms with Gasteiger partial charge in [0.05, 0.1) is 18.4 Å². The summed E-state index contributed by atoms with van der Waals surface area (Å²) in [5.41, 5.74) is 1.91. The van der Waals surface area contributed by atoms with Crippen molar-refractivity contribution in [1.82, 2.24) is 19.7 Å². The van der Waals surface area contributed by atoms with E-state index in [1.807, 2.05) is 18.2 Å².